The Hall–Kier alpha value is -1.18. The Bertz CT molecular complexity index is 679. The number of halogens is 1. The molecule has 2 aromatic rings. The summed E-state index contributed by atoms with van der Waals surface area (Å²) < 4.78 is 25.1. The molecule has 2 N–H and O–H groups in total. The van der Waals surface area contributed by atoms with Crippen molar-refractivity contribution in [3.8, 4) is 0 Å². The van der Waals surface area contributed by atoms with E-state index in [2.05, 4.69) is 20.9 Å². The molecule has 2 rings (SSSR count). The topological polar surface area (TPSA) is 78.0 Å². The summed E-state index contributed by atoms with van der Waals surface area (Å²) in [6.07, 6.45) is 1.45. The van der Waals surface area contributed by atoms with E-state index in [1.807, 2.05) is 24.3 Å². The standard InChI is InChI=1S/C11H12BrN3O2S/c1-8-14-11(18(13,16)17)7-15(8)6-9-4-2-3-5-10(9)12/h2-5,7H,6H2,1H3,(H2,13,16,17). The van der Waals surface area contributed by atoms with E-state index >= 15 is 0 Å². The van der Waals surface area contributed by atoms with Crippen LogP contribution in [0.4, 0.5) is 0 Å². The fourth-order valence-electron chi connectivity index (χ4n) is 1.59. The van der Waals surface area contributed by atoms with Gasteiger partial charge in [-0.2, -0.15) is 0 Å². The molecular formula is C11H12BrN3O2S. The van der Waals surface area contributed by atoms with Gasteiger partial charge in [-0.3, -0.25) is 0 Å². The highest BCUT2D eigenvalue weighted by molar-refractivity contribution is 9.10. The Morgan fingerprint density at radius 1 is 1.39 bits per heavy atom. The molecule has 18 heavy (non-hydrogen) atoms. The van der Waals surface area contributed by atoms with Crippen molar-refractivity contribution < 1.29 is 8.42 Å². The summed E-state index contributed by atoms with van der Waals surface area (Å²) in [5.41, 5.74) is 1.04. The van der Waals surface area contributed by atoms with Crippen LogP contribution in [-0.4, -0.2) is 18.0 Å². The van der Waals surface area contributed by atoms with E-state index in [1.165, 1.54) is 6.20 Å². The van der Waals surface area contributed by atoms with E-state index in [1.54, 1.807) is 11.5 Å². The lowest BCUT2D eigenvalue weighted by molar-refractivity contribution is 0.594. The first kappa shape index (κ1) is 13.3. The molecule has 0 saturated carbocycles. The molecule has 0 aliphatic heterocycles. The van der Waals surface area contributed by atoms with Gasteiger partial charge in [0, 0.05) is 17.2 Å². The highest BCUT2D eigenvalue weighted by Gasteiger charge is 2.14. The molecule has 0 unspecified atom stereocenters. The van der Waals surface area contributed by atoms with E-state index in [0.29, 0.717) is 12.4 Å². The summed E-state index contributed by atoms with van der Waals surface area (Å²) in [4.78, 5) is 3.94. The number of hydrogen-bond donors (Lipinski definition) is 1. The van der Waals surface area contributed by atoms with Crippen molar-refractivity contribution in [3.05, 3.63) is 46.3 Å². The normalized spacial score (nSPS) is 11.7. The first-order valence-corrected chi connectivity index (χ1v) is 7.52. The third kappa shape index (κ3) is 2.80. The zero-order chi connectivity index (χ0) is 13.3. The Balaban J connectivity index is 2.37. The Morgan fingerprint density at radius 3 is 2.61 bits per heavy atom. The van der Waals surface area contributed by atoms with Crippen molar-refractivity contribution >= 4 is 26.0 Å². The number of aromatic nitrogens is 2. The first-order valence-electron chi connectivity index (χ1n) is 5.18. The molecule has 0 amide bonds. The number of benzene rings is 1. The van der Waals surface area contributed by atoms with E-state index in [-0.39, 0.29) is 5.03 Å². The number of sulfonamides is 1. The third-order valence-electron chi connectivity index (χ3n) is 2.54. The predicted molar refractivity (Wildman–Crippen MR) is 71.6 cm³/mol. The molecule has 0 spiro atoms. The molecule has 1 aromatic carbocycles. The average Bonchev–Trinajstić information content (AvgIpc) is 2.63. The van der Waals surface area contributed by atoms with Crippen LogP contribution in [0.5, 0.6) is 0 Å². The number of hydrogen-bond acceptors (Lipinski definition) is 3. The van der Waals surface area contributed by atoms with Crippen LogP contribution in [0.25, 0.3) is 0 Å². The minimum absolute atomic E-state index is 0.105. The Labute approximate surface area is 114 Å². The van der Waals surface area contributed by atoms with Crippen molar-refractivity contribution in [2.45, 2.75) is 18.5 Å². The van der Waals surface area contributed by atoms with Gasteiger partial charge in [0.25, 0.3) is 10.0 Å². The third-order valence-corrected chi connectivity index (χ3v) is 4.10. The van der Waals surface area contributed by atoms with Crippen molar-refractivity contribution in [1.29, 1.82) is 0 Å². The van der Waals surface area contributed by atoms with Crippen LogP contribution < -0.4 is 5.14 Å². The smallest absolute Gasteiger partial charge is 0.257 e. The maximum Gasteiger partial charge on any atom is 0.257 e. The van der Waals surface area contributed by atoms with Gasteiger partial charge in [0.15, 0.2) is 5.03 Å². The molecule has 5 nitrogen and oxygen atoms in total. The quantitative estimate of drug-likeness (QED) is 0.929. The largest absolute Gasteiger partial charge is 0.329 e. The first-order chi connectivity index (χ1) is 8.38. The van der Waals surface area contributed by atoms with Crippen LogP contribution in [0.2, 0.25) is 0 Å². The van der Waals surface area contributed by atoms with Gasteiger partial charge in [0.05, 0.1) is 0 Å². The van der Waals surface area contributed by atoms with Crippen molar-refractivity contribution in [2.75, 3.05) is 0 Å². The highest BCUT2D eigenvalue weighted by Crippen LogP contribution is 2.18. The van der Waals surface area contributed by atoms with E-state index < -0.39 is 10.0 Å². The van der Waals surface area contributed by atoms with E-state index in [0.717, 1.165) is 10.0 Å². The SMILES string of the molecule is Cc1nc(S(N)(=O)=O)cn1Cc1ccccc1Br. The van der Waals surface area contributed by atoms with Crippen molar-refractivity contribution in [1.82, 2.24) is 9.55 Å². The zero-order valence-electron chi connectivity index (χ0n) is 9.67. The summed E-state index contributed by atoms with van der Waals surface area (Å²) in [7, 11) is -3.75. The fourth-order valence-corrected chi connectivity index (χ4v) is 2.53. The van der Waals surface area contributed by atoms with Crippen LogP contribution in [0.3, 0.4) is 0 Å². The Kier molecular flexibility index (Phi) is 3.56. The summed E-state index contributed by atoms with van der Waals surface area (Å²) >= 11 is 3.45. The Morgan fingerprint density at radius 2 is 2.06 bits per heavy atom. The van der Waals surface area contributed by atoms with E-state index in [9.17, 15) is 8.42 Å². The summed E-state index contributed by atoms with van der Waals surface area (Å²) in [6, 6.07) is 7.74. The number of aryl methyl sites for hydroxylation is 1. The summed E-state index contributed by atoms with van der Waals surface area (Å²) in [6.45, 7) is 2.28. The average molecular weight is 330 g/mol. The lowest BCUT2D eigenvalue weighted by Gasteiger charge is -2.06. The van der Waals surface area contributed by atoms with Gasteiger partial charge >= 0.3 is 0 Å². The minimum atomic E-state index is -3.75. The van der Waals surface area contributed by atoms with Crippen LogP contribution in [0.1, 0.15) is 11.4 Å². The van der Waals surface area contributed by atoms with Crippen molar-refractivity contribution in [3.63, 3.8) is 0 Å². The second kappa shape index (κ2) is 4.83. The second-order valence-corrected chi connectivity index (χ2v) is 6.25. The van der Waals surface area contributed by atoms with Gasteiger partial charge in [-0.05, 0) is 18.6 Å². The minimum Gasteiger partial charge on any atom is -0.329 e. The maximum absolute atomic E-state index is 11.2. The molecule has 0 atom stereocenters. The number of imidazole rings is 1. The van der Waals surface area contributed by atoms with Crippen LogP contribution in [-0.2, 0) is 16.6 Å². The monoisotopic (exact) mass is 329 g/mol. The van der Waals surface area contributed by atoms with Crippen LogP contribution in [0.15, 0.2) is 40.0 Å². The number of nitrogens with zero attached hydrogens (tertiary/aromatic N) is 2. The molecule has 0 bridgehead atoms. The van der Waals surface area contributed by atoms with Gasteiger partial charge in [-0.15, -0.1) is 0 Å². The summed E-state index contributed by atoms with van der Waals surface area (Å²) in [5, 5.41) is 4.94. The molecule has 0 aliphatic rings. The number of rotatable bonds is 3. The summed E-state index contributed by atoms with van der Waals surface area (Å²) in [5.74, 6) is 0.606. The predicted octanol–water partition coefficient (Wildman–Crippen LogP) is 1.65. The van der Waals surface area contributed by atoms with Gasteiger partial charge in [-0.25, -0.2) is 18.5 Å². The lowest BCUT2D eigenvalue weighted by Crippen LogP contribution is -2.12. The molecule has 0 radical (unpaired) electrons. The molecule has 1 aromatic heterocycles. The second-order valence-electron chi connectivity index (χ2n) is 3.89. The molecule has 0 saturated heterocycles. The van der Waals surface area contributed by atoms with Gasteiger partial charge in [-0.1, -0.05) is 34.1 Å². The van der Waals surface area contributed by atoms with Crippen LogP contribution in [0, 0.1) is 6.92 Å². The van der Waals surface area contributed by atoms with E-state index in [4.69, 9.17) is 5.14 Å². The van der Waals surface area contributed by atoms with Crippen LogP contribution >= 0.6 is 15.9 Å². The highest BCUT2D eigenvalue weighted by atomic mass is 79.9. The molecular weight excluding hydrogens is 318 g/mol. The molecule has 0 aliphatic carbocycles. The fraction of sp³-hybridized carbons (Fsp3) is 0.182. The van der Waals surface area contributed by atoms with Crippen molar-refractivity contribution in [2.24, 2.45) is 5.14 Å². The lowest BCUT2D eigenvalue weighted by atomic mass is 10.2. The molecule has 7 heteroatoms. The number of primary sulfonamides is 1. The maximum atomic E-state index is 11.2. The van der Waals surface area contributed by atoms with Gasteiger partial charge in [0.1, 0.15) is 5.82 Å². The van der Waals surface area contributed by atoms with Gasteiger partial charge in [0.2, 0.25) is 0 Å². The molecule has 1 heterocycles. The number of nitrogens with two attached hydrogens (primary N) is 1. The van der Waals surface area contributed by atoms with Gasteiger partial charge < -0.3 is 4.57 Å². The molecule has 96 valence electrons. The molecule has 0 fully saturated rings. The zero-order valence-corrected chi connectivity index (χ0v) is 12.1.